The molecule has 0 atom stereocenters. The molecule has 2 N–H and O–H groups in total. The Bertz CT molecular complexity index is 1750. The molecule has 0 amide bonds. The van der Waals surface area contributed by atoms with E-state index in [1.165, 1.54) is 77.0 Å². The lowest BCUT2D eigenvalue weighted by Crippen LogP contribution is -2.48. The largest absolute Gasteiger partial charge is 0.507 e. The Hall–Kier alpha value is -3.11. The van der Waals surface area contributed by atoms with Crippen molar-refractivity contribution in [3.63, 3.8) is 0 Å². The number of aliphatic imine (C=N–C) groups is 2. The highest BCUT2D eigenvalue weighted by Gasteiger charge is 2.53. The zero-order valence-electron chi connectivity index (χ0n) is 27.8. The van der Waals surface area contributed by atoms with Gasteiger partial charge in [0.05, 0.1) is 11.4 Å². The van der Waals surface area contributed by atoms with E-state index in [-0.39, 0.29) is 10.8 Å². The van der Waals surface area contributed by atoms with Gasteiger partial charge in [-0.3, -0.25) is 9.98 Å². The van der Waals surface area contributed by atoms with E-state index in [9.17, 15) is 10.2 Å². The van der Waals surface area contributed by atoms with Crippen LogP contribution in [-0.4, -0.2) is 22.6 Å². The van der Waals surface area contributed by atoms with Gasteiger partial charge < -0.3 is 10.2 Å². The number of hydrogen-bond acceptors (Lipinski definition) is 4. The highest BCUT2D eigenvalue weighted by Crippen LogP contribution is 2.63. The molecule has 0 saturated heterocycles. The summed E-state index contributed by atoms with van der Waals surface area (Å²) >= 11 is 6.48. The lowest BCUT2D eigenvalue weighted by molar-refractivity contribution is -0.00631. The van der Waals surface area contributed by atoms with Crippen molar-refractivity contribution in [2.45, 2.75) is 102 Å². The molecule has 244 valence electrons. The standard InChI is InChI=1S/C42H47ClN2O2/c1-24-5-32(39(46)35(7-24)41-16-26-9-27(17-41)11-28(10-26)18-41)22-44-37-4-3-34(43)15-38(37)45-23-33-6-25(2)8-36(40(33)47)42-19-29-12-30(20-42)14-31(13-29)21-42/h3-8,15,22-23,26-31,46-47H,9-14,16-21H2,1-2H3. The van der Waals surface area contributed by atoms with Crippen LogP contribution < -0.4 is 0 Å². The van der Waals surface area contributed by atoms with Crippen molar-refractivity contribution in [1.29, 1.82) is 0 Å². The number of rotatable bonds is 6. The van der Waals surface area contributed by atoms with Crippen LogP contribution in [0.1, 0.15) is 110 Å². The van der Waals surface area contributed by atoms with E-state index in [1.807, 2.05) is 30.3 Å². The predicted molar refractivity (Wildman–Crippen MR) is 191 cm³/mol. The quantitative estimate of drug-likeness (QED) is 0.262. The normalized spacial score (nSPS) is 35.1. The topological polar surface area (TPSA) is 65.2 Å². The number of aromatic hydroxyl groups is 2. The van der Waals surface area contributed by atoms with E-state index in [0.29, 0.717) is 27.9 Å². The Morgan fingerprint density at radius 2 is 0.957 bits per heavy atom. The molecule has 47 heavy (non-hydrogen) atoms. The molecule has 8 bridgehead atoms. The summed E-state index contributed by atoms with van der Waals surface area (Å²) in [5.41, 5.74) is 7.62. The number of hydrogen-bond donors (Lipinski definition) is 2. The van der Waals surface area contributed by atoms with Crippen molar-refractivity contribution in [2.24, 2.45) is 45.5 Å². The summed E-state index contributed by atoms with van der Waals surface area (Å²) in [5, 5.41) is 24.0. The Morgan fingerprint density at radius 3 is 1.36 bits per heavy atom. The van der Waals surface area contributed by atoms with Crippen molar-refractivity contribution in [2.75, 3.05) is 0 Å². The van der Waals surface area contributed by atoms with Gasteiger partial charge in [0.2, 0.25) is 0 Å². The Morgan fingerprint density at radius 1 is 0.574 bits per heavy atom. The average molecular weight is 647 g/mol. The molecule has 4 nitrogen and oxygen atoms in total. The van der Waals surface area contributed by atoms with E-state index in [1.54, 1.807) is 12.4 Å². The number of aryl methyl sites for hydroxylation is 2. The van der Waals surface area contributed by atoms with Crippen LogP contribution in [0.15, 0.2) is 52.4 Å². The number of benzene rings is 3. The van der Waals surface area contributed by atoms with Crippen molar-refractivity contribution >= 4 is 35.4 Å². The predicted octanol–water partition coefficient (Wildman–Crippen LogP) is 10.8. The van der Waals surface area contributed by atoms with E-state index in [2.05, 4.69) is 26.0 Å². The van der Waals surface area contributed by atoms with Crippen LogP contribution in [0.25, 0.3) is 0 Å². The zero-order chi connectivity index (χ0) is 32.1. The van der Waals surface area contributed by atoms with Gasteiger partial charge in [-0.25, -0.2) is 0 Å². The fraction of sp³-hybridized carbons (Fsp3) is 0.524. The van der Waals surface area contributed by atoms with E-state index < -0.39 is 0 Å². The molecule has 8 saturated carbocycles. The fourth-order valence-electron chi connectivity index (χ4n) is 12.5. The summed E-state index contributed by atoms with van der Waals surface area (Å²) < 4.78 is 0. The number of phenolic OH excluding ortho intramolecular Hbond substituents is 2. The molecule has 3 aromatic rings. The van der Waals surface area contributed by atoms with Gasteiger partial charge in [0.25, 0.3) is 0 Å². The first-order chi connectivity index (χ1) is 22.6. The van der Waals surface area contributed by atoms with Crippen LogP contribution in [0.5, 0.6) is 11.5 Å². The minimum atomic E-state index is 0.101. The molecule has 8 aliphatic rings. The monoisotopic (exact) mass is 646 g/mol. The lowest BCUT2D eigenvalue weighted by Gasteiger charge is -2.57. The maximum Gasteiger partial charge on any atom is 0.128 e. The fourth-order valence-corrected chi connectivity index (χ4v) is 12.7. The molecule has 0 spiro atoms. The van der Waals surface area contributed by atoms with E-state index >= 15 is 0 Å². The number of halogens is 1. The molecular weight excluding hydrogens is 600 g/mol. The molecular formula is C42H47ClN2O2. The van der Waals surface area contributed by atoms with Crippen molar-refractivity contribution in [3.8, 4) is 11.5 Å². The molecule has 0 heterocycles. The molecule has 11 rings (SSSR count). The molecule has 0 radical (unpaired) electrons. The summed E-state index contributed by atoms with van der Waals surface area (Å²) in [5.74, 6) is 5.62. The van der Waals surface area contributed by atoms with Crippen LogP contribution in [0.2, 0.25) is 5.02 Å². The molecule has 8 fully saturated rings. The third-order valence-corrected chi connectivity index (χ3v) is 13.6. The first-order valence-corrected chi connectivity index (χ1v) is 18.6. The van der Waals surface area contributed by atoms with Crippen molar-refractivity contribution in [3.05, 3.63) is 80.9 Å². The molecule has 5 heteroatoms. The SMILES string of the molecule is Cc1cc(C=Nc2ccc(Cl)cc2N=Cc2cc(C)cc(C34CC5CC(CC(C5)C3)C4)c2O)c(O)c(C23CC4CC(CC(C4)C2)C3)c1. The maximum atomic E-state index is 11.7. The lowest BCUT2D eigenvalue weighted by atomic mass is 9.48. The van der Waals surface area contributed by atoms with Gasteiger partial charge in [-0.2, -0.15) is 0 Å². The van der Waals surface area contributed by atoms with Gasteiger partial charge in [-0.1, -0.05) is 23.7 Å². The van der Waals surface area contributed by atoms with Crippen molar-refractivity contribution in [1.82, 2.24) is 0 Å². The first-order valence-electron chi connectivity index (χ1n) is 18.2. The maximum absolute atomic E-state index is 11.7. The van der Waals surface area contributed by atoms with Gasteiger partial charge in [0.15, 0.2) is 0 Å². The summed E-state index contributed by atoms with van der Waals surface area (Å²) in [7, 11) is 0. The minimum Gasteiger partial charge on any atom is -0.507 e. The molecule has 0 unspecified atom stereocenters. The van der Waals surface area contributed by atoms with Gasteiger partial charge in [-0.05, 0) is 179 Å². The highest BCUT2D eigenvalue weighted by atomic mass is 35.5. The molecule has 0 aliphatic heterocycles. The van der Waals surface area contributed by atoms with Crippen LogP contribution in [0.3, 0.4) is 0 Å². The van der Waals surface area contributed by atoms with Crippen LogP contribution in [0, 0.1) is 49.4 Å². The summed E-state index contributed by atoms with van der Waals surface area (Å²) in [4.78, 5) is 9.76. The highest BCUT2D eigenvalue weighted by molar-refractivity contribution is 6.31. The minimum absolute atomic E-state index is 0.101. The summed E-state index contributed by atoms with van der Waals surface area (Å²) in [6, 6.07) is 14.1. The average Bonchev–Trinajstić information content (AvgIpc) is 3.00. The molecule has 8 aliphatic carbocycles. The Kier molecular flexibility index (Phi) is 6.99. The Balaban J connectivity index is 1.03. The number of nitrogens with zero attached hydrogens (tertiary/aromatic N) is 2. The third-order valence-electron chi connectivity index (χ3n) is 13.4. The van der Waals surface area contributed by atoms with Gasteiger partial charge in [0.1, 0.15) is 11.5 Å². The zero-order valence-corrected chi connectivity index (χ0v) is 28.6. The van der Waals surface area contributed by atoms with Crippen molar-refractivity contribution < 1.29 is 10.2 Å². The second-order valence-corrected chi connectivity index (χ2v) is 17.5. The molecule has 3 aromatic carbocycles. The Labute approximate surface area is 284 Å². The summed E-state index contributed by atoms with van der Waals surface area (Å²) in [6.07, 6.45) is 19.1. The van der Waals surface area contributed by atoms with Crippen LogP contribution >= 0.6 is 11.6 Å². The van der Waals surface area contributed by atoms with Gasteiger partial charge in [-0.15, -0.1) is 0 Å². The first kappa shape index (κ1) is 30.0. The smallest absolute Gasteiger partial charge is 0.128 e. The van der Waals surface area contributed by atoms with Gasteiger partial charge in [0, 0.05) is 39.7 Å². The van der Waals surface area contributed by atoms with E-state index in [4.69, 9.17) is 21.6 Å². The second kappa shape index (κ2) is 11.0. The van der Waals surface area contributed by atoms with Gasteiger partial charge >= 0.3 is 0 Å². The second-order valence-electron chi connectivity index (χ2n) is 17.0. The molecule has 0 aromatic heterocycles. The number of phenols is 2. The van der Waals surface area contributed by atoms with Crippen LogP contribution in [0.4, 0.5) is 11.4 Å². The third kappa shape index (κ3) is 5.16. The van der Waals surface area contributed by atoms with E-state index in [0.717, 1.165) is 68.9 Å². The van der Waals surface area contributed by atoms with Crippen LogP contribution in [-0.2, 0) is 10.8 Å². The summed E-state index contributed by atoms with van der Waals surface area (Å²) in [6.45, 7) is 4.26.